The maximum absolute atomic E-state index is 17.0. The highest BCUT2D eigenvalue weighted by atomic mass is 35.5. The molecule has 0 saturated carbocycles. The first-order valence-corrected chi connectivity index (χ1v) is 17.9. The quantitative estimate of drug-likeness (QED) is 0.237. The molecule has 9 rings (SSSR count). The van der Waals surface area contributed by atoms with Gasteiger partial charge in [0.2, 0.25) is 0 Å². The van der Waals surface area contributed by atoms with Crippen LogP contribution < -0.4 is 15.4 Å². The van der Waals surface area contributed by atoms with Crippen LogP contribution in [0.4, 0.5) is 28.9 Å². The van der Waals surface area contributed by atoms with Gasteiger partial charge in [0.05, 0.1) is 38.7 Å². The number of halogens is 4. The zero-order chi connectivity index (χ0) is 35.2. The number of nitriles is 1. The lowest BCUT2D eigenvalue weighted by Gasteiger charge is -2.41. The second-order valence-corrected chi connectivity index (χ2v) is 15.2. The second-order valence-electron chi connectivity index (χ2n) is 13.7. The third kappa shape index (κ3) is 5.15. The van der Waals surface area contributed by atoms with Gasteiger partial charge in [0.25, 0.3) is 0 Å². The van der Waals surface area contributed by atoms with Crippen molar-refractivity contribution in [1.82, 2.24) is 34.5 Å². The van der Waals surface area contributed by atoms with Crippen LogP contribution in [0.2, 0.25) is 5.02 Å². The summed E-state index contributed by atoms with van der Waals surface area (Å²) in [6.07, 6.45) is 5.29. The summed E-state index contributed by atoms with van der Waals surface area (Å²) in [6.45, 7) is 1.93. The van der Waals surface area contributed by atoms with E-state index in [-0.39, 0.29) is 73.3 Å². The van der Waals surface area contributed by atoms with Gasteiger partial charge in [0.1, 0.15) is 36.0 Å². The SMILES string of the molecule is N#Cc1cnn(C(=O)N2CC3CCC(C2)N3c2nc(OC[C@@]34CCCN3C[C@H](F)C4)nc3c(F)c(-c4ccc(F)c5sc(N)nc45)c(Cl)cc23)c1. The van der Waals surface area contributed by atoms with Crippen LogP contribution in [0, 0.1) is 23.0 Å². The van der Waals surface area contributed by atoms with Crippen LogP contribution in [-0.4, -0.2) is 97.1 Å². The van der Waals surface area contributed by atoms with Crippen molar-refractivity contribution >= 4 is 61.0 Å². The number of likely N-dealkylation sites (tertiary alicyclic amines) is 1. The molecular formula is C34H30ClF3N10O2S. The number of nitrogens with two attached hydrogens (primary N) is 1. The number of piperazine rings is 1. The number of carbonyl (C=O) groups excluding carboxylic acids is 1. The summed E-state index contributed by atoms with van der Waals surface area (Å²) in [5.74, 6) is -0.885. The lowest BCUT2D eigenvalue weighted by Crippen LogP contribution is -2.56. The minimum atomic E-state index is -0.959. The van der Waals surface area contributed by atoms with Crippen molar-refractivity contribution in [2.24, 2.45) is 0 Å². The summed E-state index contributed by atoms with van der Waals surface area (Å²) in [4.78, 5) is 33.0. The van der Waals surface area contributed by atoms with Gasteiger partial charge in [0.15, 0.2) is 10.9 Å². The van der Waals surface area contributed by atoms with Crippen LogP contribution in [0.3, 0.4) is 0 Å². The smallest absolute Gasteiger partial charge is 0.344 e. The molecule has 2 aromatic carbocycles. The highest BCUT2D eigenvalue weighted by molar-refractivity contribution is 7.22. The normalized spacial score (nSPS) is 24.5. The molecule has 12 nitrogen and oxygen atoms in total. The summed E-state index contributed by atoms with van der Waals surface area (Å²) in [5.41, 5.74) is 6.10. The number of alkyl halides is 1. The van der Waals surface area contributed by atoms with E-state index in [1.807, 2.05) is 6.07 Å². The Kier molecular flexibility index (Phi) is 7.53. The summed E-state index contributed by atoms with van der Waals surface area (Å²) < 4.78 is 54.0. The molecule has 4 aliphatic rings. The molecule has 4 saturated heterocycles. The predicted molar refractivity (Wildman–Crippen MR) is 185 cm³/mol. The fourth-order valence-corrected chi connectivity index (χ4v) is 9.60. The molecule has 3 aromatic heterocycles. The highest BCUT2D eigenvalue weighted by Gasteiger charge is 2.50. The van der Waals surface area contributed by atoms with Gasteiger partial charge in [-0.25, -0.2) is 22.9 Å². The van der Waals surface area contributed by atoms with Gasteiger partial charge >= 0.3 is 12.0 Å². The number of ether oxygens (including phenoxy) is 1. The number of fused-ring (bicyclic) bond motifs is 5. The van der Waals surface area contributed by atoms with Gasteiger partial charge in [0, 0.05) is 54.7 Å². The third-order valence-corrected chi connectivity index (χ3v) is 12.0. The van der Waals surface area contributed by atoms with Crippen LogP contribution in [0.25, 0.3) is 32.2 Å². The summed E-state index contributed by atoms with van der Waals surface area (Å²) >= 11 is 7.83. The topological polar surface area (TPSA) is 142 Å². The van der Waals surface area contributed by atoms with Gasteiger partial charge in [-0.05, 0) is 50.4 Å². The molecule has 2 unspecified atom stereocenters. The zero-order valence-corrected chi connectivity index (χ0v) is 28.6. The molecule has 0 radical (unpaired) electrons. The first-order chi connectivity index (χ1) is 24.6. The molecule has 5 aromatic rings. The van der Waals surface area contributed by atoms with E-state index in [2.05, 4.69) is 24.9 Å². The van der Waals surface area contributed by atoms with Gasteiger partial charge in [-0.3, -0.25) is 4.90 Å². The molecule has 4 aliphatic heterocycles. The van der Waals surface area contributed by atoms with Crippen molar-refractivity contribution < 1.29 is 22.7 Å². The molecule has 2 bridgehead atoms. The Morgan fingerprint density at radius 1 is 1.16 bits per heavy atom. The Morgan fingerprint density at radius 2 is 1.96 bits per heavy atom. The Morgan fingerprint density at radius 3 is 2.73 bits per heavy atom. The molecule has 7 heterocycles. The number of hydrogen-bond acceptors (Lipinski definition) is 11. The van der Waals surface area contributed by atoms with Crippen LogP contribution >= 0.6 is 22.9 Å². The lowest BCUT2D eigenvalue weighted by atomic mass is 9.95. The van der Waals surface area contributed by atoms with Gasteiger partial charge in [-0.2, -0.15) is 25.0 Å². The number of thiazole rings is 1. The molecule has 0 aliphatic carbocycles. The first-order valence-electron chi connectivity index (χ1n) is 16.7. The van der Waals surface area contributed by atoms with E-state index >= 15 is 4.39 Å². The van der Waals surface area contributed by atoms with Crippen LogP contribution in [0.1, 0.15) is 37.7 Å². The number of carbonyl (C=O) groups is 1. The maximum Gasteiger partial charge on any atom is 0.344 e. The summed E-state index contributed by atoms with van der Waals surface area (Å²) in [6, 6.07) is 5.45. The standard InChI is InChI=1S/C34H30ClF3N10O2S/c35-23-8-22-27(26(38)25(23)21-4-5-24(37)29-28(21)42-31(40)51-29)43-32(50-16-34-6-1-7-46(34)13-18(36)9-34)44-30(22)48-19-2-3-20(48)15-45(14-19)33(49)47-12-17(10-39)11-41-47/h4-5,8,11-12,18-20H,1-3,6-7,9,13-16H2,(H2,40,42)/t18-,19?,20?,34+/m1/s1. The van der Waals surface area contributed by atoms with Crippen LogP contribution in [0.5, 0.6) is 6.01 Å². The van der Waals surface area contributed by atoms with Gasteiger partial charge in [-0.1, -0.05) is 22.9 Å². The molecule has 4 fully saturated rings. The fourth-order valence-electron chi connectivity index (χ4n) is 8.54. The molecule has 262 valence electrons. The van der Waals surface area contributed by atoms with Gasteiger partial charge < -0.3 is 20.3 Å². The zero-order valence-electron chi connectivity index (χ0n) is 27.0. The van der Waals surface area contributed by atoms with Crippen molar-refractivity contribution in [3.05, 3.63) is 52.8 Å². The first kappa shape index (κ1) is 32.2. The molecular weight excluding hydrogens is 705 g/mol. The van der Waals surface area contributed by atoms with Crippen molar-refractivity contribution in [3.63, 3.8) is 0 Å². The van der Waals surface area contributed by atoms with Crippen LogP contribution in [-0.2, 0) is 0 Å². The summed E-state index contributed by atoms with van der Waals surface area (Å²) in [5, 5.41) is 13.8. The molecule has 17 heteroatoms. The van der Waals surface area contributed by atoms with E-state index < -0.39 is 23.3 Å². The Labute approximate surface area is 298 Å². The minimum absolute atomic E-state index is 0.0129. The molecule has 0 spiro atoms. The number of nitrogen functional groups attached to an aromatic ring is 1. The van der Waals surface area contributed by atoms with E-state index in [1.165, 1.54) is 24.5 Å². The minimum Gasteiger partial charge on any atom is -0.461 e. The van der Waals surface area contributed by atoms with Crippen molar-refractivity contribution in [3.8, 4) is 23.2 Å². The molecule has 4 atom stereocenters. The average molecular weight is 735 g/mol. The Bertz CT molecular complexity index is 2280. The predicted octanol–water partition coefficient (Wildman–Crippen LogP) is 5.76. The number of nitrogens with zero attached hydrogens (tertiary/aromatic N) is 9. The monoisotopic (exact) mass is 734 g/mol. The van der Waals surface area contributed by atoms with E-state index in [4.69, 9.17) is 27.1 Å². The highest BCUT2D eigenvalue weighted by Crippen LogP contribution is 2.45. The number of aromatic nitrogens is 5. The van der Waals surface area contributed by atoms with Crippen molar-refractivity contribution in [1.29, 1.82) is 5.26 Å². The van der Waals surface area contributed by atoms with E-state index in [0.717, 1.165) is 48.2 Å². The molecule has 2 N–H and O–H groups in total. The Balaban J connectivity index is 1.14. The van der Waals surface area contributed by atoms with Gasteiger partial charge in [-0.15, -0.1) is 0 Å². The number of anilines is 2. The molecule has 1 amide bonds. The number of benzene rings is 2. The maximum atomic E-state index is 17.0. The fraction of sp³-hybridized carbons (Fsp3) is 0.412. The second kappa shape index (κ2) is 11.9. The number of hydrogen-bond donors (Lipinski definition) is 1. The van der Waals surface area contributed by atoms with Crippen molar-refractivity contribution in [2.75, 3.05) is 43.4 Å². The van der Waals surface area contributed by atoms with E-state index in [0.29, 0.717) is 37.3 Å². The number of rotatable bonds is 5. The lowest BCUT2D eigenvalue weighted by molar-refractivity contribution is 0.107. The van der Waals surface area contributed by atoms with E-state index in [1.54, 1.807) is 11.0 Å². The third-order valence-electron chi connectivity index (χ3n) is 10.8. The average Bonchev–Trinajstić information content (AvgIpc) is 3.93. The number of amides is 1. The van der Waals surface area contributed by atoms with E-state index in [9.17, 15) is 18.8 Å². The molecule has 51 heavy (non-hydrogen) atoms. The summed E-state index contributed by atoms with van der Waals surface area (Å²) in [7, 11) is 0. The Hall–Kier alpha value is -4.72. The van der Waals surface area contributed by atoms with Crippen molar-refractivity contribution in [2.45, 2.75) is 55.9 Å². The van der Waals surface area contributed by atoms with Crippen LogP contribution in [0.15, 0.2) is 30.6 Å². The largest absolute Gasteiger partial charge is 0.461 e.